The van der Waals surface area contributed by atoms with Crippen molar-refractivity contribution in [1.82, 2.24) is 10.6 Å². The number of hydrogen-bond acceptors (Lipinski definition) is 2. The molecule has 0 aliphatic rings. The summed E-state index contributed by atoms with van der Waals surface area (Å²) in [5.41, 5.74) is 4.08. The minimum absolute atomic E-state index is 0.234. The molecule has 0 aromatic heterocycles. The van der Waals surface area contributed by atoms with Crippen molar-refractivity contribution in [3.05, 3.63) is 77.5 Å². The molecular formula is C22H25ClN2O. The molecule has 0 aliphatic heterocycles. The molecule has 0 heterocycles. The molecule has 0 radical (unpaired) electrons. The summed E-state index contributed by atoms with van der Waals surface area (Å²) in [6.07, 6.45) is 11.2. The van der Waals surface area contributed by atoms with Crippen LogP contribution in [0.4, 0.5) is 0 Å². The van der Waals surface area contributed by atoms with Crippen LogP contribution in [0.2, 0.25) is 0 Å². The van der Waals surface area contributed by atoms with E-state index in [0.29, 0.717) is 18.7 Å². The van der Waals surface area contributed by atoms with Crippen molar-refractivity contribution in [2.24, 2.45) is 0 Å². The third kappa shape index (κ3) is 7.57. The molecule has 4 heteroatoms. The van der Waals surface area contributed by atoms with E-state index >= 15 is 0 Å². The molecule has 0 atom stereocenters. The van der Waals surface area contributed by atoms with E-state index in [-0.39, 0.29) is 11.8 Å². The van der Waals surface area contributed by atoms with Gasteiger partial charge in [0, 0.05) is 30.6 Å². The molecule has 0 bridgehead atoms. The van der Waals surface area contributed by atoms with E-state index in [9.17, 15) is 4.79 Å². The van der Waals surface area contributed by atoms with Gasteiger partial charge in [-0.25, -0.2) is 0 Å². The number of likely N-dealkylation sites (N-methyl/N-ethyl adjacent to an activating group) is 1. The van der Waals surface area contributed by atoms with Gasteiger partial charge in [0.2, 0.25) is 5.91 Å². The van der Waals surface area contributed by atoms with Gasteiger partial charge in [-0.3, -0.25) is 4.79 Å². The largest absolute Gasteiger partial charge is 0.323 e. The highest BCUT2D eigenvalue weighted by Gasteiger charge is 2.07. The fourth-order valence-electron chi connectivity index (χ4n) is 2.25. The number of terminal acetylenes is 1. The maximum absolute atomic E-state index is 12.3. The molecule has 0 saturated heterocycles. The lowest BCUT2D eigenvalue weighted by atomic mass is 10.1. The SMILES string of the molecule is C#CC/C=C(\C=C(/CCl)C(=C)NC(=O)/C=C(\C)c1ccccc1)CNC. The van der Waals surface area contributed by atoms with Crippen LogP contribution in [0.3, 0.4) is 0 Å². The third-order valence-corrected chi connectivity index (χ3v) is 3.89. The molecule has 1 rings (SSSR count). The van der Waals surface area contributed by atoms with Crippen molar-refractivity contribution in [1.29, 1.82) is 0 Å². The maximum atomic E-state index is 12.3. The molecular weight excluding hydrogens is 344 g/mol. The smallest absolute Gasteiger partial charge is 0.248 e. The molecule has 0 spiro atoms. The topological polar surface area (TPSA) is 41.1 Å². The Morgan fingerprint density at radius 3 is 2.58 bits per heavy atom. The molecule has 1 amide bonds. The highest BCUT2D eigenvalue weighted by atomic mass is 35.5. The summed E-state index contributed by atoms with van der Waals surface area (Å²) in [7, 11) is 1.85. The Hall–Kier alpha value is -2.54. The summed E-state index contributed by atoms with van der Waals surface area (Å²) in [5.74, 6) is 2.57. The van der Waals surface area contributed by atoms with Crippen molar-refractivity contribution in [2.75, 3.05) is 19.5 Å². The van der Waals surface area contributed by atoms with E-state index in [0.717, 1.165) is 22.3 Å². The third-order valence-electron chi connectivity index (χ3n) is 3.61. The average molecular weight is 369 g/mol. The number of rotatable bonds is 9. The quantitative estimate of drug-likeness (QED) is 0.299. The van der Waals surface area contributed by atoms with E-state index in [4.69, 9.17) is 18.0 Å². The standard InChI is InChI=1S/C22H25ClN2O/c1-5-6-10-19(16-24-4)14-21(15-23)18(3)25-22(26)13-17(2)20-11-8-7-9-12-20/h1,7-14,24H,3,6,15-16H2,2,4H3,(H,25,26)/b17-13+,19-10+,21-14+. The van der Waals surface area contributed by atoms with Crippen LogP contribution in [-0.4, -0.2) is 25.4 Å². The summed E-state index contributed by atoms with van der Waals surface area (Å²) in [6.45, 7) is 6.48. The number of alkyl halides is 1. The molecule has 26 heavy (non-hydrogen) atoms. The molecule has 2 N–H and O–H groups in total. The van der Waals surface area contributed by atoms with E-state index in [1.54, 1.807) is 6.08 Å². The van der Waals surface area contributed by atoms with Crippen LogP contribution in [0.25, 0.3) is 5.57 Å². The summed E-state index contributed by atoms with van der Waals surface area (Å²) < 4.78 is 0. The number of halogens is 1. The van der Waals surface area contributed by atoms with Crippen LogP contribution < -0.4 is 10.6 Å². The number of hydrogen-bond donors (Lipinski definition) is 2. The minimum atomic E-state index is -0.241. The number of carbonyl (C=O) groups is 1. The summed E-state index contributed by atoms with van der Waals surface area (Å²) >= 11 is 6.04. The molecule has 0 unspecified atom stereocenters. The Morgan fingerprint density at radius 2 is 2.00 bits per heavy atom. The average Bonchev–Trinajstić information content (AvgIpc) is 2.64. The number of benzene rings is 1. The highest BCUT2D eigenvalue weighted by Crippen LogP contribution is 2.14. The highest BCUT2D eigenvalue weighted by molar-refractivity contribution is 6.20. The predicted molar refractivity (Wildman–Crippen MR) is 112 cm³/mol. The van der Waals surface area contributed by atoms with Crippen molar-refractivity contribution in [3.8, 4) is 12.3 Å². The van der Waals surface area contributed by atoms with Gasteiger partial charge in [-0.15, -0.1) is 23.9 Å². The molecule has 136 valence electrons. The van der Waals surface area contributed by atoms with Gasteiger partial charge in [0.25, 0.3) is 0 Å². The first kappa shape index (κ1) is 21.5. The number of carbonyl (C=O) groups excluding carboxylic acids is 1. The second-order valence-corrected chi connectivity index (χ2v) is 5.95. The Bertz CT molecular complexity index is 752. The van der Waals surface area contributed by atoms with Crippen molar-refractivity contribution in [2.45, 2.75) is 13.3 Å². The van der Waals surface area contributed by atoms with Crippen molar-refractivity contribution >= 4 is 23.1 Å². The van der Waals surface area contributed by atoms with Crippen LogP contribution in [-0.2, 0) is 4.79 Å². The van der Waals surface area contributed by atoms with Crippen molar-refractivity contribution in [3.63, 3.8) is 0 Å². The van der Waals surface area contributed by atoms with Gasteiger partial charge in [-0.05, 0) is 36.3 Å². The first-order valence-electron chi connectivity index (χ1n) is 8.29. The second kappa shape index (κ2) is 11.9. The maximum Gasteiger partial charge on any atom is 0.248 e. The molecule has 0 saturated carbocycles. The lowest BCUT2D eigenvalue weighted by Crippen LogP contribution is -2.22. The Kier molecular flexibility index (Phi) is 9.86. The van der Waals surface area contributed by atoms with E-state index in [1.807, 2.05) is 56.5 Å². The van der Waals surface area contributed by atoms with Gasteiger partial charge in [0.15, 0.2) is 0 Å². The van der Waals surface area contributed by atoms with E-state index in [1.165, 1.54) is 0 Å². The van der Waals surface area contributed by atoms with E-state index in [2.05, 4.69) is 23.1 Å². The molecule has 0 aliphatic carbocycles. The van der Waals surface area contributed by atoms with E-state index < -0.39 is 0 Å². The summed E-state index contributed by atoms with van der Waals surface area (Å²) in [5, 5.41) is 5.86. The fraction of sp³-hybridized carbons (Fsp3) is 0.227. The Labute approximate surface area is 161 Å². The zero-order chi connectivity index (χ0) is 19.4. The van der Waals surface area contributed by atoms with Gasteiger partial charge in [0.1, 0.15) is 0 Å². The van der Waals surface area contributed by atoms with Gasteiger partial charge >= 0.3 is 0 Å². The van der Waals surface area contributed by atoms with Crippen molar-refractivity contribution < 1.29 is 4.79 Å². The fourth-order valence-corrected chi connectivity index (χ4v) is 2.49. The Balaban J connectivity index is 2.87. The number of allylic oxidation sites excluding steroid dienone is 3. The minimum Gasteiger partial charge on any atom is -0.323 e. The molecule has 3 nitrogen and oxygen atoms in total. The van der Waals surface area contributed by atoms with Gasteiger partial charge < -0.3 is 10.6 Å². The molecule has 1 aromatic carbocycles. The van der Waals surface area contributed by atoms with Crippen LogP contribution in [0.5, 0.6) is 0 Å². The van der Waals surface area contributed by atoms with Crippen LogP contribution in [0.1, 0.15) is 18.9 Å². The first-order chi connectivity index (χ1) is 12.5. The van der Waals surface area contributed by atoms with Crippen LogP contribution >= 0.6 is 11.6 Å². The zero-order valence-electron chi connectivity index (χ0n) is 15.3. The lowest BCUT2D eigenvalue weighted by molar-refractivity contribution is -0.115. The van der Waals surface area contributed by atoms with Gasteiger partial charge in [-0.2, -0.15) is 0 Å². The normalized spacial score (nSPS) is 12.5. The number of nitrogens with one attached hydrogen (secondary N) is 2. The molecule has 0 fully saturated rings. The van der Waals surface area contributed by atoms with Gasteiger partial charge in [0.05, 0.1) is 0 Å². The summed E-state index contributed by atoms with van der Waals surface area (Å²) in [4.78, 5) is 12.3. The number of amides is 1. The van der Waals surface area contributed by atoms with Gasteiger partial charge in [-0.1, -0.05) is 49.1 Å². The van der Waals surface area contributed by atoms with Crippen LogP contribution in [0, 0.1) is 12.3 Å². The monoisotopic (exact) mass is 368 g/mol. The lowest BCUT2D eigenvalue weighted by Gasteiger charge is -2.11. The van der Waals surface area contributed by atoms with Crippen LogP contribution in [0.15, 0.2) is 72.0 Å². The first-order valence-corrected chi connectivity index (χ1v) is 8.82. The summed E-state index contributed by atoms with van der Waals surface area (Å²) in [6, 6.07) is 9.72. The second-order valence-electron chi connectivity index (χ2n) is 5.68. The zero-order valence-corrected chi connectivity index (χ0v) is 16.1. The predicted octanol–water partition coefficient (Wildman–Crippen LogP) is 4.05. The molecule has 1 aromatic rings. The Morgan fingerprint density at radius 1 is 1.31 bits per heavy atom.